The van der Waals surface area contributed by atoms with E-state index in [0.717, 1.165) is 0 Å². The molecule has 1 aliphatic rings. The second kappa shape index (κ2) is 6.79. The number of nitriles is 1. The zero-order valence-corrected chi connectivity index (χ0v) is 13.3. The maximum atomic E-state index is 12.5. The van der Waals surface area contributed by atoms with Gasteiger partial charge in [0.05, 0.1) is 17.4 Å². The summed E-state index contributed by atoms with van der Waals surface area (Å²) in [7, 11) is 0. The second-order valence-electron chi connectivity index (χ2n) is 6.14. The Morgan fingerprint density at radius 3 is 2.43 bits per heavy atom. The van der Waals surface area contributed by atoms with E-state index in [4.69, 9.17) is 5.26 Å². The molecular weight excluding hydrogens is 270 g/mol. The Morgan fingerprint density at radius 1 is 1.43 bits per heavy atom. The number of rotatable bonds is 5. The molecule has 1 saturated heterocycles. The van der Waals surface area contributed by atoms with Crippen LogP contribution in [-0.4, -0.2) is 53.1 Å². The quantitative estimate of drug-likeness (QED) is 0.841. The van der Waals surface area contributed by atoms with E-state index in [0.29, 0.717) is 26.1 Å². The Hall–Kier alpha value is -1.77. The fourth-order valence-electron chi connectivity index (χ4n) is 2.80. The first-order valence-corrected chi connectivity index (χ1v) is 7.45. The van der Waals surface area contributed by atoms with E-state index in [1.54, 1.807) is 16.7 Å². The molecular formula is C15H25N3O3. The van der Waals surface area contributed by atoms with Crippen molar-refractivity contribution in [3.8, 4) is 6.07 Å². The van der Waals surface area contributed by atoms with Crippen molar-refractivity contribution in [2.24, 2.45) is 17.3 Å². The first-order valence-electron chi connectivity index (χ1n) is 7.45. The number of carbonyl (C=O) groups excluding carboxylic acids is 1. The lowest BCUT2D eigenvalue weighted by Gasteiger charge is -2.31. The summed E-state index contributed by atoms with van der Waals surface area (Å²) in [5.41, 5.74) is -0.851. The van der Waals surface area contributed by atoms with E-state index in [9.17, 15) is 14.7 Å². The number of hydrogen-bond acceptors (Lipinski definition) is 3. The van der Waals surface area contributed by atoms with Crippen LogP contribution in [0.25, 0.3) is 0 Å². The summed E-state index contributed by atoms with van der Waals surface area (Å²) in [6, 6.07) is 1.96. The van der Waals surface area contributed by atoms with Crippen molar-refractivity contribution in [1.29, 1.82) is 5.26 Å². The predicted molar refractivity (Wildman–Crippen MR) is 78.5 cm³/mol. The summed E-state index contributed by atoms with van der Waals surface area (Å²) >= 11 is 0. The van der Waals surface area contributed by atoms with Gasteiger partial charge in [-0.1, -0.05) is 13.8 Å². The molecule has 21 heavy (non-hydrogen) atoms. The van der Waals surface area contributed by atoms with E-state index < -0.39 is 11.4 Å². The first-order chi connectivity index (χ1) is 9.78. The molecule has 2 unspecified atom stereocenters. The van der Waals surface area contributed by atoms with Crippen molar-refractivity contribution in [2.75, 3.05) is 26.2 Å². The normalized spacial score (nSPS) is 23.0. The number of nitrogens with zero attached hydrogens (tertiary/aromatic N) is 3. The lowest BCUT2D eigenvalue weighted by atomic mass is 9.76. The zero-order chi connectivity index (χ0) is 16.2. The molecule has 6 heteroatoms. The third kappa shape index (κ3) is 3.46. The van der Waals surface area contributed by atoms with Crippen molar-refractivity contribution < 1.29 is 14.7 Å². The number of urea groups is 1. The Bertz CT molecular complexity index is 444. The number of carboxylic acid groups (broad SMARTS) is 1. The van der Waals surface area contributed by atoms with Crippen molar-refractivity contribution in [3.63, 3.8) is 0 Å². The second-order valence-corrected chi connectivity index (χ2v) is 6.14. The summed E-state index contributed by atoms with van der Waals surface area (Å²) in [6.45, 7) is 9.01. The van der Waals surface area contributed by atoms with Gasteiger partial charge in [0.25, 0.3) is 0 Å². The standard InChI is InChI=1S/C15H25N3O3/c1-5-17(9-12(4)8-16)14(21)18-7-6-15(10-18,11(2)3)13(19)20/h11-12H,5-7,9-10H2,1-4H3,(H,19,20). The molecule has 118 valence electrons. The van der Waals surface area contributed by atoms with Gasteiger partial charge in [-0.2, -0.15) is 5.26 Å². The van der Waals surface area contributed by atoms with Gasteiger partial charge < -0.3 is 14.9 Å². The fraction of sp³-hybridized carbons (Fsp3) is 0.800. The maximum Gasteiger partial charge on any atom is 0.320 e. The van der Waals surface area contributed by atoms with Crippen LogP contribution in [0.3, 0.4) is 0 Å². The maximum absolute atomic E-state index is 12.5. The summed E-state index contributed by atoms with van der Waals surface area (Å²) in [6.07, 6.45) is 0.483. The highest BCUT2D eigenvalue weighted by molar-refractivity contribution is 5.80. The molecule has 0 aliphatic carbocycles. The molecule has 0 aromatic carbocycles. The average molecular weight is 295 g/mol. The van der Waals surface area contributed by atoms with Crippen LogP contribution in [0.15, 0.2) is 0 Å². The minimum atomic E-state index is -0.851. The van der Waals surface area contributed by atoms with Crippen LogP contribution in [0, 0.1) is 28.6 Å². The highest BCUT2D eigenvalue weighted by Crippen LogP contribution is 2.38. The number of likely N-dealkylation sites (tertiary alicyclic amines) is 1. The largest absolute Gasteiger partial charge is 0.481 e. The van der Waals surface area contributed by atoms with Crippen molar-refractivity contribution in [3.05, 3.63) is 0 Å². The van der Waals surface area contributed by atoms with Crippen LogP contribution in [0.2, 0.25) is 0 Å². The topological polar surface area (TPSA) is 84.6 Å². The molecule has 2 amide bonds. The molecule has 1 rings (SSSR count). The summed E-state index contributed by atoms with van der Waals surface area (Å²) in [4.78, 5) is 27.3. The van der Waals surface area contributed by atoms with E-state index >= 15 is 0 Å². The molecule has 0 radical (unpaired) electrons. The molecule has 1 aliphatic heterocycles. The Morgan fingerprint density at radius 2 is 2.05 bits per heavy atom. The lowest BCUT2D eigenvalue weighted by Crippen LogP contribution is -2.46. The van der Waals surface area contributed by atoms with Gasteiger partial charge in [0.2, 0.25) is 0 Å². The van der Waals surface area contributed by atoms with E-state index in [2.05, 4.69) is 6.07 Å². The summed E-state index contributed by atoms with van der Waals surface area (Å²) in [5, 5.41) is 18.4. The zero-order valence-electron chi connectivity index (χ0n) is 13.3. The van der Waals surface area contributed by atoms with Gasteiger partial charge in [0.1, 0.15) is 0 Å². The van der Waals surface area contributed by atoms with Crippen molar-refractivity contribution in [1.82, 2.24) is 9.80 Å². The highest BCUT2D eigenvalue weighted by atomic mass is 16.4. The van der Waals surface area contributed by atoms with Gasteiger partial charge in [-0.25, -0.2) is 4.79 Å². The summed E-state index contributed by atoms with van der Waals surface area (Å²) < 4.78 is 0. The number of aliphatic carboxylic acids is 1. The smallest absolute Gasteiger partial charge is 0.320 e. The molecule has 1 heterocycles. The van der Waals surface area contributed by atoms with E-state index in [-0.39, 0.29) is 24.4 Å². The molecule has 1 N–H and O–H groups in total. The van der Waals surface area contributed by atoms with Crippen LogP contribution in [0.5, 0.6) is 0 Å². The number of amides is 2. The molecule has 0 spiro atoms. The minimum Gasteiger partial charge on any atom is -0.481 e. The lowest BCUT2D eigenvalue weighted by molar-refractivity contribution is -0.150. The van der Waals surface area contributed by atoms with Gasteiger partial charge in [-0.3, -0.25) is 4.79 Å². The average Bonchev–Trinajstić information content (AvgIpc) is 2.90. The fourth-order valence-corrected chi connectivity index (χ4v) is 2.80. The molecule has 0 aromatic heterocycles. The minimum absolute atomic E-state index is 0.0269. The van der Waals surface area contributed by atoms with Crippen LogP contribution in [-0.2, 0) is 4.79 Å². The van der Waals surface area contributed by atoms with Gasteiger partial charge in [-0.15, -0.1) is 0 Å². The molecule has 2 atom stereocenters. The third-order valence-electron chi connectivity index (χ3n) is 4.47. The van der Waals surface area contributed by atoms with Gasteiger partial charge in [0.15, 0.2) is 0 Å². The van der Waals surface area contributed by atoms with Crippen LogP contribution < -0.4 is 0 Å². The summed E-state index contributed by atoms with van der Waals surface area (Å²) in [5.74, 6) is -1.09. The first kappa shape index (κ1) is 17.3. The monoisotopic (exact) mass is 295 g/mol. The Kier molecular flexibility index (Phi) is 5.59. The molecule has 0 saturated carbocycles. The van der Waals surface area contributed by atoms with Crippen LogP contribution >= 0.6 is 0 Å². The van der Waals surface area contributed by atoms with Gasteiger partial charge in [-0.05, 0) is 26.2 Å². The highest BCUT2D eigenvalue weighted by Gasteiger charge is 2.49. The van der Waals surface area contributed by atoms with Crippen molar-refractivity contribution >= 4 is 12.0 Å². The van der Waals surface area contributed by atoms with Crippen LogP contribution in [0.1, 0.15) is 34.1 Å². The SMILES string of the molecule is CCN(CC(C)C#N)C(=O)N1CCC(C(=O)O)(C(C)C)C1. The van der Waals surface area contributed by atoms with Gasteiger partial charge >= 0.3 is 12.0 Å². The van der Waals surface area contributed by atoms with E-state index in [1.807, 2.05) is 20.8 Å². The third-order valence-corrected chi connectivity index (χ3v) is 4.47. The number of hydrogen-bond donors (Lipinski definition) is 1. The Balaban J connectivity index is 2.81. The van der Waals surface area contributed by atoms with Crippen LogP contribution in [0.4, 0.5) is 4.79 Å². The number of carbonyl (C=O) groups is 2. The molecule has 1 fully saturated rings. The predicted octanol–water partition coefficient (Wildman–Crippen LogP) is 2.02. The molecule has 0 aromatic rings. The van der Waals surface area contributed by atoms with Crippen molar-refractivity contribution in [2.45, 2.75) is 34.1 Å². The molecule has 0 bridgehead atoms. The number of carboxylic acids is 1. The molecule has 6 nitrogen and oxygen atoms in total. The Labute approximate surface area is 126 Å². The van der Waals surface area contributed by atoms with E-state index in [1.165, 1.54) is 0 Å². The van der Waals surface area contributed by atoms with Gasteiger partial charge in [0, 0.05) is 26.2 Å².